The molecule has 0 bridgehead atoms. The van der Waals surface area contributed by atoms with E-state index in [1.807, 2.05) is 0 Å². The molecule has 1 aromatic rings. The molecule has 7 heteroatoms. The number of amides is 2. The highest BCUT2D eigenvalue weighted by atomic mass is 16.5. The first-order valence-corrected chi connectivity index (χ1v) is 6.09. The molecule has 2 amide bonds. The summed E-state index contributed by atoms with van der Waals surface area (Å²) in [5.41, 5.74) is 6.32. The Morgan fingerprint density at radius 2 is 1.75 bits per heavy atom. The van der Waals surface area contributed by atoms with Gasteiger partial charge in [-0.2, -0.15) is 0 Å². The van der Waals surface area contributed by atoms with Gasteiger partial charge in [-0.3, -0.25) is 9.59 Å². The lowest BCUT2D eigenvalue weighted by molar-refractivity contribution is -0.127. The van der Waals surface area contributed by atoms with E-state index < -0.39 is 18.5 Å². The van der Waals surface area contributed by atoms with Crippen molar-refractivity contribution in [3.8, 4) is 0 Å². The van der Waals surface area contributed by atoms with Crippen molar-refractivity contribution >= 4 is 23.5 Å². The van der Waals surface area contributed by atoms with E-state index >= 15 is 0 Å². The lowest BCUT2D eigenvalue weighted by Gasteiger charge is -2.06. The molecule has 0 atom stereocenters. The topological polar surface area (TPSA) is 111 Å². The third-order valence-corrected chi connectivity index (χ3v) is 2.30. The number of hydrogen-bond acceptors (Lipinski definition) is 5. The summed E-state index contributed by atoms with van der Waals surface area (Å²) in [5, 5.41) is 4.86. The van der Waals surface area contributed by atoms with Gasteiger partial charge in [0.15, 0.2) is 6.61 Å². The number of esters is 1. The number of ether oxygens (including phenoxy) is 1. The van der Waals surface area contributed by atoms with Crippen LogP contribution < -0.4 is 16.4 Å². The fraction of sp³-hybridized carbons (Fsp3) is 0.308. The number of carbonyl (C=O) groups is 3. The molecule has 0 fully saturated rings. The Morgan fingerprint density at radius 1 is 1.10 bits per heavy atom. The summed E-state index contributed by atoms with van der Waals surface area (Å²) in [7, 11) is 0. The number of benzene rings is 1. The predicted molar refractivity (Wildman–Crippen MR) is 72.8 cm³/mol. The number of nitrogens with two attached hydrogens (primary N) is 1. The van der Waals surface area contributed by atoms with Crippen LogP contribution in [0.25, 0.3) is 0 Å². The van der Waals surface area contributed by atoms with Gasteiger partial charge in [0.2, 0.25) is 5.91 Å². The third-order valence-electron chi connectivity index (χ3n) is 2.30. The fourth-order valence-corrected chi connectivity index (χ4v) is 1.32. The number of nitrogen functional groups attached to an aromatic ring is 1. The van der Waals surface area contributed by atoms with Crippen LogP contribution in [0.3, 0.4) is 0 Å². The zero-order valence-corrected chi connectivity index (χ0v) is 11.1. The Bertz CT molecular complexity index is 485. The van der Waals surface area contributed by atoms with Crippen LogP contribution in [-0.2, 0) is 14.3 Å². The summed E-state index contributed by atoms with van der Waals surface area (Å²) in [6, 6.07) is 6.13. The van der Waals surface area contributed by atoms with E-state index in [4.69, 9.17) is 10.5 Å². The molecule has 0 aromatic heterocycles. The molecule has 0 aliphatic heterocycles. The second kappa shape index (κ2) is 7.78. The molecule has 108 valence electrons. The fourth-order valence-electron chi connectivity index (χ4n) is 1.32. The number of hydrogen-bond donors (Lipinski definition) is 3. The molecule has 0 saturated carbocycles. The van der Waals surface area contributed by atoms with E-state index in [1.165, 1.54) is 12.1 Å². The average molecular weight is 279 g/mol. The SMILES string of the molecule is CCNC(=O)CNC(=O)COC(=O)c1ccc(N)cc1. The molecule has 0 heterocycles. The Labute approximate surface area is 116 Å². The van der Waals surface area contributed by atoms with Crippen LogP contribution in [0.15, 0.2) is 24.3 Å². The number of rotatable bonds is 6. The van der Waals surface area contributed by atoms with E-state index in [2.05, 4.69) is 10.6 Å². The van der Waals surface area contributed by atoms with Gasteiger partial charge in [0.05, 0.1) is 12.1 Å². The van der Waals surface area contributed by atoms with Crippen molar-refractivity contribution in [2.75, 3.05) is 25.4 Å². The maximum atomic E-state index is 11.6. The molecule has 0 spiro atoms. The maximum absolute atomic E-state index is 11.6. The molecular formula is C13H17N3O4. The van der Waals surface area contributed by atoms with Crippen LogP contribution in [0.5, 0.6) is 0 Å². The highest BCUT2D eigenvalue weighted by Gasteiger charge is 2.10. The van der Waals surface area contributed by atoms with Gasteiger partial charge in [-0.25, -0.2) is 4.79 Å². The number of likely N-dealkylation sites (N-methyl/N-ethyl adjacent to an activating group) is 1. The van der Waals surface area contributed by atoms with Gasteiger partial charge in [-0.05, 0) is 31.2 Å². The first kappa shape index (κ1) is 15.5. The van der Waals surface area contributed by atoms with Crippen molar-refractivity contribution in [1.82, 2.24) is 10.6 Å². The van der Waals surface area contributed by atoms with Crippen molar-refractivity contribution in [2.45, 2.75) is 6.92 Å². The van der Waals surface area contributed by atoms with Crippen LogP contribution in [-0.4, -0.2) is 37.5 Å². The standard InChI is InChI=1S/C13H17N3O4/c1-2-15-11(17)7-16-12(18)8-20-13(19)9-3-5-10(14)6-4-9/h3-6H,2,7-8,14H2,1H3,(H,15,17)(H,16,18). The van der Waals surface area contributed by atoms with E-state index in [0.29, 0.717) is 17.8 Å². The third kappa shape index (κ3) is 5.38. The van der Waals surface area contributed by atoms with E-state index in [1.54, 1.807) is 19.1 Å². The lowest BCUT2D eigenvalue weighted by atomic mass is 10.2. The molecule has 1 rings (SSSR count). The second-order valence-electron chi connectivity index (χ2n) is 3.93. The molecule has 0 saturated heterocycles. The van der Waals surface area contributed by atoms with Crippen LogP contribution in [0.2, 0.25) is 0 Å². The van der Waals surface area contributed by atoms with Gasteiger partial charge in [0.25, 0.3) is 5.91 Å². The highest BCUT2D eigenvalue weighted by molar-refractivity contribution is 5.92. The van der Waals surface area contributed by atoms with Crippen LogP contribution >= 0.6 is 0 Å². The zero-order valence-electron chi connectivity index (χ0n) is 11.1. The highest BCUT2D eigenvalue weighted by Crippen LogP contribution is 2.06. The van der Waals surface area contributed by atoms with Gasteiger partial charge in [0.1, 0.15) is 0 Å². The molecule has 0 unspecified atom stereocenters. The molecule has 20 heavy (non-hydrogen) atoms. The number of nitrogens with one attached hydrogen (secondary N) is 2. The van der Waals surface area contributed by atoms with Gasteiger partial charge in [-0.1, -0.05) is 0 Å². The second-order valence-corrected chi connectivity index (χ2v) is 3.93. The van der Waals surface area contributed by atoms with Crippen LogP contribution in [0.4, 0.5) is 5.69 Å². The minimum atomic E-state index is -0.627. The van der Waals surface area contributed by atoms with E-state index in [9.17, 15) is 14.4 Å². The summed E-state index contributed by atoms with van der Waals surface area (Å²) in [6.45, 7) is 1.67. The first-order chi connectivity index (χ1) is 9.52. The molecule has 0 aliphatic carbocycles. The Balaban J connectivity index is 2.32. The maximum Gasteiger partial charge on any atom is 0.338 e. The first-order valence-electron chi connectivity index (χ1n) is 6.09. The molecule has 1 aromatic carbocycles. The predicted octanol–water partition coefficient (Wildman–Crippen LogP) is -0.322. The summed E-state index contributed by atoms with van der Waals surface area (Å²) < 4.78 is 4.80. The van der Waals surface area contributed by atoms with Crippen molar-refractivity contribution in [1.29, 1.82) is 0 Å². The Hall–Kier alpha value is -2.57. The van der Waals surface area contributed by atoms with Crippen molar-refractivity contribution in [3.63, 3.8) is 0 Å². The monoisotopic (exact) mass is 279 g/mol. The van der Waals surface area contributed by atoms with E-state index in [-0.39, 0.29) is 12.5 Å². The van der Waals surface area contributed by atoms with Gasteiger partial charge in [-0.15, -0.1) is 0 Å². The van der Waals surface area contributed by atoms with Crippen molar-refractivity contribution in [2.24, 2.45) is 0 Å². The quantitative estimate of drug-likeness (QED) is 0.488. The van der Waals surface area contributed by atoms with Crippen molar-refractivity contribution in [3.05, 3.63) is 29.8 Å². The molecule has 0 aliphatic rings. The minimum Gasteiger partial charge on any atom is -0.452 e. The summed E-state index contributed by atoms with van der Waals surface area (Å²) in [6.07, 6.45) is 0. The Kier molecular flexibility index (Phi) is 6.02. The zero-order chi connectivity index (χ0) is 15.0. The van der Waals surface area contributed by atoms with Crippen LogP contribution in [0.1, 0.15) is 17.3 Å². The number of anilines is 1. The van der Waals surface area contributed by atoms with Crippen molar-refractivity contribution < 1.29 is 19.1 Å². The molecule has 7 nitrogen and oxygen atoms in total. The van der Waals surface area contributed by atoms with Crippen LogP contribution in [0, 0.1) is 0 Å². The molecular weight excluding hydrogens is 262 g/mol. The summed E-state index contributed by atoms with van der Waals surface area (Å²) in [5.74, 6) is -1.47. The lowest BCUT2D eigenvalue weighted by Crippen LogP contribution is -2.38. The smallest absolute Gasteiger partial charge is 0.338 e. The summed E-state index contributed by atoms with van der Waals surface area (Å²) in [4.78, 5) is 34.0. The molecule has 4 N–H and O–H groups in total. The largest absolute Gasteiger partial charge is 0.452 e. The van der Waals surface area contributed by atoms with Gasteiger partial charge < -0.3 is 21.1 Å². The molecule has 0 radical (unpaired) electrons. The normalized spacial score (nSPS) is 9.65. The number of carbonyl (C=O) groups excluding carboxylic acids is 3. The Morgan fingerprint density at radius 3 is 2.35 bits per heavy atom. The van der Waals surface area contributed by atoms with E-state index in [0.717, 1.165) is 0 Å². The summed E-state index contributed by atoms with van der Waals surface area (Å²) >= 11 is 0. The minimum absolute atomic E-state index is 0.147. The average Bonchev–Trinajstić information content (AvgIpc) is 2.43. The van der Waals surface area contributed by atoms with Gasteiger partial charge >= 0.3 is 5.97 Å². The van der Waals surface area contributed by atoms with Gasteiger partial charge in [0, 0.05) is 12.2 Å².